The SMILES string of the molecule is C[C@H](Cc1c(F)cc(-c2ccc(-c3ccc(Cl)cc3)cc2)cc1F)c1ccccc1. The number of hydrogen-bond donors (Lipinski definition) is 0. The van der Waals surface area contributed by atoms with E-state index in [1.165, 1.54) is 12.1 Å². The van der Waals surface area contributed by atoms with E-state index in [4.69, 9.17) is 11.6 Å². The molecule has 0 bridgehead atoms. The van der Waals surface area contributed by atoms with E-state index in [-0.39, 0.29) is 11.5 Å². The average Bonchev–Trinajstić information content (AvgIpc) is 2.77. The second kappa shape index (κ2) is 8.81. The molecule has 4 aromatic rings. The Hall–Kier alpha value is -2.97. The van der Waals surface area contributed by atoms with Gasteiger partial charge in [0.25, 0.3) is 0 Å². The van der Waals surface area contributed by atoms with Crippen LogP contribution in [0.3, 0.4) is 0 Å². The van der Waals surface area contributed by atoms with Gasteiger partial charge in [0.15, 0.2) is 0 Å². The fourth-order valence-electron chi connectivity index (χ4n) is 3.67. The Kier molecular flexibility index (Phi) is 5.96. The minimum Gasteiger partial charge on any atom is -0.207 e. The Labute approximate surface area is 180 Å². The molecule has 4 aromatic carbocycles. The summed E-state index contributed by atoms with van der Waals surface area (Å²) in [5.41, 5.74) is 4.56. The molecule has 0 amide bonds. The summed E-state index contributed by atoms with van der Waals surface area (Å²) >= 11 is 5.94. The van der Waals surface area contributed by atoms with Crippen LogP contribution in [-0.2, 0) is 6.42 Å². The van der Waals surface area contributed by atoms with Crippen LogP contribution < -0.4 is 0 Å². The molecule has 0 saturated heterocycles. The van der Waals surface area contributed by atoms with Gasteiger partial charge in [0, 0.05) is 10.6 Å². The minimum absolute atomic E-state index is 0.0275. The maximum Gasteiger partial charge on any atom is 0.129 e. The van der Waals surface area contributed by atoms with Crippen molar-refractivity contribution in [2.24, 2.45) is 0 Å². The van der Waals surface area contributed by atoms with Crippen LogP contribution in [0.5, 0.6) is 0 Å². The maximum atomic E-state index is 14.8. The zero-order chi connectivity index (χ0) is 21.1. The molecule has 0 spiro atoms. The fourth-order valence-corrected chi connectivity index (χ4v) is 3.79. The standard InChI is InChI=1S/C27H21ClF2/c1-18(19-5-3-2-4-6-19)15-25-26(29)16-23(17-27(25)30)22-9-7-20(8-10-22)21-11-13-24(28)14-12-21/h2-14,16-18H,15H2,1H3/t18-/m1/s1. The van der Waals surface area contributed by atoms with Crippen molar-refractivity contribution in [3.8, 4) is 22.3 Å². The Balaban J connectivity index is 1.57. The van der Waals surface area contributed by atoms with E-state index in [9.17, 15) is 8.78 Å². The number of benzene rings is 4. The third kappa shape index (κ3) is 4.44. The van der Waals surface area contributed by atoms with Gasteiger partial charge in [-0.25, -0.2) is 8.78 Å². The van der Waals surface area contributed by atoms with Gasteiger partial charge in [-0.05, 0) is 64.4 Å². The second-order valence-corrected chi connectivity index (χ2v) is 7.95. The molecular weight excluding hydrogens is 398 g/mol. The van der Waals surface area contributed by atoms with Crippen molar-refractivity contribution in [1.29, 1.82) is 0 Å². The lowest BCUT2D eigenvalue weighted by molar-refractivity contribution is 0.544. The number of hydrogen-bond acceptors (Lipinski definition) is 0. The zero-order valence-corrected chi connectivity index (χ0v) is 17.3. The molecule has 0 aliphatic rings. The second-order valence-electron chi connectivity index (χ2n) is 7.52. The first kappa shape index (κ1) is 20.3. The van der Waals surface area contributed by atoms with Crippen molar-refractivity contribution >= 4 is 11.6 Å². The highest BCUT2D eigenvalue weighted by Gasteiger charge is 2.16. The van der Waals surface area contributed by atoms with E-state index in [0.717, 1.165) is 22.3 Å². The van der Waals surface area contributed by atoms with Crippen molar-refractivity contribution in [3.63, 3.8) is 0 Å². The maximum absolute atomic E-state index is 14.8. The molecule has 0 N–H and O–H groups in total. The van der Waals surface area contributed by atoms with Gasteiger partial charge < -0.3 is 0 Å². The predicted octanol–water partition coefficient (Wildman–Crippen LogP) is 8.30. The number of halogens is 3. The number of rotatable bonds is 5. The Morgan fingerprint density at radius 1 is 0.667 bits per heavy atom. The first-order chi connectivity index (χ1) is 14.5. The molecular formula is C27H21ClF2. The first-order valence-corrected chi connectivity index (χ1v) is 10.3. The van der Waals surface area contributed by atoms with Crippen molar-refractivity contribution < 1.29 is 8.78 Å². The highest BCUT2D eigenvalue weighted by Crippen LogP contribution is 2.30. The molecule has 4 rings (SSSR count). The quantitative estimate of drug-likeness (QED) is 0.305. The lowest BCUT2D eigenvalue weighted by Crippen LogP contribution is -2.04. The zero-order valence-electron chi connectivity index (χ0n) is 16.6. The lowest BCUT2D eigenvalue weighted by atomic mass is 9.92. The molecule has 0 saturated carbocycles. The molecule has 3 heteroatoms. The van der Waals surface area contributed by atoms with Gasteiger partial charge in [-0.3, -0.25) is 0 Å². The van der Waals surface area contributed by atoms with Crippen molar-refractivity contribution in [3.05, 3.63) is 119 Å². The van der Waals surface area contributed by atoms with Gasteiger partial charge in [-0.2, -0.15) is 0 Å². The van der Waals surface area contributed by atoms with Crippen LogP contribution in [0.4, 0.5) is 8.78 Å². The summed E-state index contributed by atoms with van der Waals surface area (Å²) in [5.74, 6) is -0.983. The van der Waals surface area contributed by atoms with Gasteiger partial charge in [0.1, 0.15) is 11.6 Å². The van der Waals surface area contributed by atoms with Crippen LogP contribution in [0, 0.1) is 11.6 Å². The molecule has 150 valence electrons. The van der Waals surface area contributed by atoms with Crippen LogP contribution >= 0.6 is 11.6 Å². The van der Waals surface area contributed by atoms with Gasteiger partial charge in [0.2, 0.25) is 0 Å². The lowest BCUT2D eigenvalue weighted by Gasteiger charge is -2.14. The predicted molar refractivity (Wildman–Crippen MR) is 121 cm³/mol. The van der Waals surface area contributed by atoms with Crippen molar-refractivity contribution in [2.45, 2.75) is 19.3 Å². The van der Waals surface area contributed by atoms with E-state index in [1.807, 2.05) is 85.8 Å². The first-order valence-electron chi connectivity index (χ1n) is 9.90. The third-order valence-electron chi connectivity index (χ3n) is 5.42. The van der Waals surface area contributed by atoms with Crippen LogP contribution in [0.15, 0.2) is 91.0 Å². The molecule has 0 aliphatic heterocycles. The van der Waals surface area contributed by atoms with Crippen LogP contribution in [0.1, 0.15) is 24.0 Å². The van der Waals surface area contributed by atoms with E-state index in [0.29, 0.717) is 17.0 Å². The highest BCUT2D eigenvalue weighted by molar-refractivity contribution is 6.30. The molecule has 0 fully saturated rings. The summed E-state index contributed by atoms with van der Waals surface area (Å²) < 4.78 is 29.6. The largest absolute Gasteiger partial charge is 0.207 e. The van der Waals surface area contributed by atoms with E-state index < -0.39 is 11.6 Å². The van der Waals surface area contributed by atoms with Crippen molar-refractivity contribution in [2.75, 3.05) is 0 Å². The summed E-state index contributed by atoms with van der Waals surface area (Å²) in [6.45, 7) is 1.98. The van der Waals surface area contributed by atoms with Crippen LogP contribution in [0.2, 0.25) is 5.02 Å². The van der Waals surface area contributed by atoms with Gasteiger partial charge >= 0.3 is 0 Å². The minimum atomic E-state index is -0.505. The van der Waals surface area contributed by atoms with Crippen LogP contribution in [-0.4, -0.2) is 0 Å². The normalized spacial score (nSPS) is 12.0. The summed E-state index contributed by atoms with van der Waals surface area (Å²) in [5, 5.41) is 0.683. The van der Waals surface area contributed by atoms with Gasteiger partial charge in [0.05, 0.1) is 0 Å². The topological polar surface area (TPSA) is 0 Å². The summed E-state index contributed by atoms with van der Waals surface area (Å²) in [7, 11) is 0. The Bertz CT molecular complexity index is 1110. The van der Waals surface area contributed by atoms with Crippen LogP contribution in [0.25, 0.3) is 22.3 Å². The molecule has 0 aromatic heterocycles. The molecule has 0 heterocycles. The van der Waals surface area contributed by atoms with Gasteiger partial charge in [-0.15, -0.1) is 0 Å². The highest BCUT2D eigenvalue weighted by atomic mass is 35.5. The summed E-state index contributed by atoms with van der Waals surface area (Å²) in [4.78, 5) is 0. The summed E-state index contributed by atoms with van der Waals surface area (Å²) in [6, 6.07) is 27.8. The Morgan fingerprint density at radius 3 is 1.67 bits per heavy atom. The fraction of sp³-hybridized carbons (Fsp3) is 0.111. The third-order valence-corrected chi connectivity index (χ3v) is 5.67. The molecule has 0 nitrogen and oxygen atoms in total. The molecule has 30 heavy (non-hydrogen) atoms. The Morgan fingerprint density at radius 2 is 1.13 bits per heavy atom. The monoisotopic (exact) mass is 418 g/mol. The molecule has 0 unspecified atom stereocenters. The van der Waals surface area contributed by atoms with Gasteiger partial charge in [-0.1, -0.05) is 85.3 Å². The average molecular weight is 419 g/mol. The molecule has 1 atom stereocenters. The van der Waals surface area contributed by atoms with E-state index in [2.05, 4.69) is 0 Å². The van der Waals surface area contributed by atoms with E-state index in [1.54, 1.807) is 0 Å². The smallest absolute Gasteiger partial charge is 0.129 e. The molecule has 0 aliphatic carbocycles. The molecule has 0 radical (unpaired) electrons. The van der Waals surface area contributed by atoms with E-state index >= 15 is 0 Å². The summed E-state index contributed by atoms with van der Waals surface area (Å²) in [6.07, 6.45) is 0.317. The van der Waals surface area contributed by atoms with Crippen molar-refractivity contribution in [1.82, 2.24) is 0 Å².